The molecular formula is C17H22N4O2. The van der Waals surface area contributed by atoms with Gasteiger partial charge < -0.3 is 14.5 Å². The van der Waals surface area contributed by atoms with Crippen LogP contribution >= 0.6 is 0 Å². The van der Waals surface area contributed by atoms with E-state index in [1.165, 1.54) is 0 Å². The van der Waals surface area contributed by atoms with Gasteiger partial charge in [0, 0.05) is 25.4 Å². The smallest absolute Gasteiger partial charge is 0.272 e. The van der Waals surface area contributed by atoms with E-state index in [1.807, 2.05) is 43.3 Å². The third-order valence-electron chi connectivity index (χ3n) is 4.06. The molecule has 2 aromatic rings. The lowest BCUT2D eigenvalue weighted by atomic mass is 10.1. The molecule has 6 nitrogen and oxygen atoms in total. The van der Waals surface area contributed by atoms with Gasteiger partial charge in [-0.15, -0.1) is 0 Å². The molecule has 0 bridgehead atoms. The molecule has 122 valence electrons. The molecule has 0 radical (unpaired) electrons. The maximum atomic E-state index is 13.0. The minimum Gasteiger partial charge on any atom is -0.491 e. The number of rotatable bonds is 3. The van der Waals surface area contributed by atoms with Crippen molar-refractivity contribution in [2.75, 3.05) is 27.2 Å². The van der Waals surface area contributed by atoms with Crippen LogP contribution in [0.25, 0.3) is 0 Å². The molecule has 0 saturated carbocycles. The van der Waals surface area contributed by atoms with Crippen LogP contribution in [0, 0.1) is 0 Å². The van der Waals surface area contributed by atoms with Crippen molar-refractivity contribution in [1.29, 1.82) is 0 Å². The molecule has 0 saturated heterocycles. The van der Waals surface area contributed by atoms with Gasteiger partial charge in [-0.2, -0.15) is 5.10 Å². The maximum absolute atomic E-state index is 13.0. The lowest BCUT2D eigenvalue weighted by Crippen LogP contribution is -2.47. The molecule has 0 fully saturated rings. The lowest BCUT2D eigenvalue weighted by Gasteiger charge is -2.31. The van der Waals surface area contributed by atoms with Gasteiger partial charge in [-0.1, -0.05) is 18.2 Å². The molecule has 0 N–H and O–H groups in total. The highest BCUT2D eigenvalue weighted by atomic mass is 16.5. The van der Waals surface area contributed by atoms with E-state index in [0.29, 0.717) is 18.8 Å². The highest BCUT2D eigenvalue weighted by Gasteiger charge is 2.30. The van der Waals surface area contributed by atoms with Gasteiger partial charge in [0.25, 0.3) is 5.91 Å². The van der Waals surface area contributed by atoms with Crippen LogP contribution in [0.3, 0.4) is 0 Å². The average molecular weight is 314 g/mol. The third-order valence-corrected chi connectivity index (χ3v) is 4.06. The number of ether oxygens (including phenoxy) is 1. The summed E-state index contributed by atoms with van der Waals surface area (Å²) in [4.78, 5) is 17.0. The molecule has 1 atom stereocenters. The summed E-state index contributed by atoms with van der Waals surface area (Å²) in [6.07, 6.45) is 1.65. The highest BCUT2D eigenvalue weighted by Crippen LogP contribution is 2.26. The Kier molecular flexibility index (Phi) is 4.34. The van der Waals surface area contributed by atoms with Crippen molar-refractivity contribution in [3.63, 3.8) is 0 Å². The number of para-hydroxylation sites is 1. The summed E-state index contributed by atoms with van der Waals surface area (Å²) in [5.74, 6) is 0.841. The van der Waals surface area contributed by atoms with Crippen molar-refractivity contribution in [2.45, 2.75) is 12.6 Å². The topological polar surface area (TPSA) is 50.6 Å². The van der Waals surface area contributed by atoms with Crippen LogP contribution in [-0.4, -0.2) is 58.8 Å². The van der Waals surface area contributed by atoms with Crippen LogP contribution in [-0.2, 0) is 13.6 Å². The molecule has 0 spiro atoms. The van der Waals surface area contributed by atoms with E-state index in [2.05, 4.69) is 10.00 Å². The predicted molar refractivity (Wildman–Crippen MR) is 87.4 cm³/mol. The summed E-state index contributed by atoms with van der Waals surface area (Å²) in [7, 11) is 5.80. The molecule has 1 unspecified atom stereocenters. The summed E-state index contributed by atoms with van der Waals surface area (Å²) in [6, 6.07) is 9.64. The largest absolute Gasteiger partial charge is 0.491 e. The second-order valence-corrected chi connectivity index (χ2v) is 6.11. The van der Waals surface area contributed by atoms with Gasteiger partial charge in [-0.25, -0.2) is 0 Å². The molecule has 0 aliphatic carbocycles. The standard InChI is InChI=1S/C17H22N4O2/c1-19(2)11-14-12-23-16-7-5-4-6-13(16)10-21(14)17(22)15-8-9-18-20(15)3/h4-9,14H,10-12H2,1-3H3. The van der Waals surface area contributed by atoms with Gasteiger partial charge in [0.1, 0.15) is 18.1 Å². The fourth-order valence-corrected chi connectivity index (χ4v) is 2.91. The number of nitrogens with zero attached hydrogens (tertiary/aromatic N) is 4. The molecule has 1 aromatic carbocycles. The molecule has 6 heteroatoms. The van der Waals surface area contributed by atoms with Crippen LogP contribution in [0.4, 0.5) is 0 Å². The zero-order valence-electron chi connectivity index (χ0n) is 13.8. The SMILES string of the molecule is CN(C)CC1COc2ccccc2CN1C(=O)c1ccnn1C. The Hall–Kier alpha value is -2.34. The van der Waals surface area contributed by atoms with Crippen molar-refractivity contribution in [3.8, 4) is 5.75 Å². The van der Waals surface area contributed by atoms with E-state index in [4.69, 9.17) is 4.74 Å². The van der Waals surface area contributed by atoms with Crippen LogP contribution in [0.5, 0.6) is 5.75 Å². The molecule has 1 aliphatic rings. The summed E-state index contributed by atoms with van der Waals surface area (Å²) < 4.78 is 7.56. The molecular weight excluding hydrogens is 292 g/mol. The van der Waals surface area contributed by atoms with E-state index in [9.17, 15) is 4.79 Å². The van der Waals surface area contributed by atoms with Crippen molar-refractivity contribution < 1.29 is 9.53 Å². The number of hydrogen-bond acceptors (Lipinski definition) is 4. The quantitative estimate of drug-likeness (QED) is 0.859. The van der Waals surface area contributed by atoms with Gasteiger partial charge in [-0.3, -0.25) is 9.48 Å². The zero-order chi connectivity index (χ0) is 16.4. The fraction of sp³-hybridized carbons (Fsp3) is 0.412. The number of hydrogen-bond donors (Lipinski definition) is 0. The first kappa shape index (κ1) is 15.6. The molecule has 3 rings (SSSR count). The molecule has 2 heterocycles. The third kappa shape index (κ3) is 3.22. The Morgan fingerprint density at radius 3 is 2.83 bits per heavy atom. The van der Waals surface area contributed by atoms with Gasteiger partial charge in [0.05, 0.1) is 12.6 Å². The van der Waals surface area contributed by atoms with E-state index in [-0.39, 0.29) is 11.9 Å². The van der Waals surface area contributed by atoms with Gasteiger partial charge in [0.15, 0.2) is 0 Å². The van der Waals surface area contributed by atoms with Crippen LogP contribution < -0.4 is 4.74 Å². The Morgan fingerprint density at radius 2 is 2.13 bits per heavy atom. The Bertz CT molecular complexity index is 695. The van der Waals surface area contributed by atoms with Crippen LogP contribution in [0.15, 0.2) is 36.5 Å². The van der Waals surface area contributed by atoms with E-state index in [0.717, 1.165) is 17.9 Å². The first-order chi connectivity index (χ1) is 11.1. The average Bonchev–Trinajstić information content (AvgIpc) is 2.86. The lowest BCUT2D eigenvalue weighted by molar-refractivity contribution is 0.0572. The van der Waals surface area contributed by atoms with Gasteiger partial charge in [0.2, 0.25) is 0 Å². The number of likely N-dealkylation sites (N-methyl/N-ethyl adjacent to an activating group) is 1. The monoisotopic (exact) mass is 314 g/mol. The number of benzene rings is 1. The minimum absolute atomic E-state index is 0.0141. The minimum atomic E-state index is -0.0165. The van der Waals surface area contributed by atoms with E-state index >= 15 is 0 Å². The summed E-state index contributed by atoms with van der Waals surface area (Å²) >= 11 is 0. The highest BCUT2D eigenvalue weighted by molar-refractivity contribution is 5.92. The molecule has 1 amide bonds. The number of fused-ring (bicyclic) bond motifs is 1. The molecule has 1 aliphatic heterocycles. The van der Waals surface area contributed by atoms with Gasteiger partial charge >= 0.3 is 0 Å². The molecule has 1 aromatic heterocycles. The molecule has 23 heavy (non-hydrogen) atoms. The number of aryl methyl sites for hydroxylation is 1. The van der Waals surface area contributed by atoms with Gasteiger partial charge in [-0.05, 0) is 26.2 Å². The fourth-order valence-electron chi connectivity index (χ4n) is 2.91. The van der Waals surface area contributed by atoms with Crippen molar-refractivity contribution in [1.82, 2.24) is 19.6 Å². The number of carbonyl (C=O) groups excluding carboxylic acids is 1. The maximum Gasteiger partial charge on any atom is 0.272 e. The van der Waals surface area contributed by atoms with Crippen molar-refractivity contribution >= 4 is 5.91 Å². The Balaban J connectivity index is 1.94. The number of aromatic nitrogens is 2. The second kappa shape index (κ2) is 6.42. The normalized spacial score (nSPS) is 17.6. The van der Waals surface area contributed by atoms with E-state index in [1.54, 1.807) is 24.0 Å². The Labute approximate surface area is 136 Å². The van der Waals surface area contributed by atoms with E-state index < -0.39 is 0 Å². The summed E-state index contributed by atoms with van der Waals surface area (Å²) in [6.45, 7) is 1.77. The zero-order valence-corrected chi connectivity index (χ0v) is 13.8. The second-order valence-electron chi connectivity index (χ2n) is 6.11. The summed E-state index contributed by atoms with van der Waals surface area (Å²) in [5.41, 5.74) is 1.62. The predicted octanol–water partition coefficient (Wildman–Crippen LogP) is 1.39. The van der Waals surface area contributed by atoms with Crippen LogP contribution in [0.1, 0.15) is 16.1 Å². The first-order valence-electron chi connectivity index (χ1n) is 7.70. The van der Waals surface area contributed by atoms with Crippen molar-refractivity contribution in [2.24, 2.45) is 7.05 Å². The first-order valence-corrected chi connectivity index (χ1v) is 7.70. The summed E-state index contributed by atoms with van der Waals surface area (Å²) in [5, 5.41) is 4.11. The number of carbonyl (C=O) groups is 1. The Morgan fingerprint density at radius 1 is 1.35 bits per heavy atom. The van der Waals surface area contributed by atoms with Crippen molar-refractivity contribution in [3.05, 3.63) is 47.8 Å². The number of amides is 1. The van der Waals surface area contributed by atoms with Crippen LogP contribution in [0.2, 0.25) is 0 Å².